The van der Waals surface area contributed by atoms with Gasteiger partial charge < -0.3 is 14.0 Å². The summed E-state index contributed by atoms with van der Waals surface area (Å²) < 4.78 is 15.3. The summed E-state index contributed by atoms with van der Waals surface area (Å²) in [6.07, 6.45) is 14.8. The molecule has 1 fully saturated rings. The number of benzene rings is 1. The first-order valence-electron chi connectivity index (χ1n) is 11.0. The quantitative estimate of drug-likeness (QED) is 0.504. The molecule has 1 aliphatic rings. The first-order valence-corrected chi connectivity index (χ1v) is 11.0. The van der Waals surface area contributed by atoms with Gasteiger partial charge in [0.25, 0.3) is 0 Å². The molecule has 0 radical (unpaired) electrons. The first-order chi connectivity index (χ1) is 13.7. The molecule has 0 saturated carbocycles. The zero-order valence-corrected chi connectivity index (χ0v) is 17.6. The Hall–Kier alpha value is -1.65. The number of hydrogen-bond acceptors (Lipinski definition) is 3. The van der Waals surface area contributed by atoms with Crippen LogP contribution in [-0.2, 0) is 22.4 Å². The minimum absolute atomic E-state index is 0.178. The maximum atomic E-state index is 6.60. The van der Waals surface area contributed by atoms with Crippen LogP contribution in [0.5, 0.6) is 0 Å². The molecule has 154 valence electrons. The smallest absolute Gasteiger partial charge is 0.186 e. The lowest BCUT2D eigenvalue weighted by atomic mass is 9.78. The minimum atomic E-state index is -0.571. The van der Waals surface area contributed by atoms with Gasteiger partial charge in [-0.05, 0) is 24.8 Å². The second kappa shape index (κ2) is 10.2. The van der Waals surface area contributed by atoms with E-state index in [0.717, 1.165) is 26.1 Å². The zero-order valence-electron chi connectivity index (χ0n) is 17.6. The molecule has 4 nitrogen and oxygen atoms in total. The van der Waals surface area contributed by atoms with Crippen molar-refractivity contribution in [3.8, 4) is 0 Å². The van der Waals surface area contributed by atoms with Crippen molar-refractivity contribution in [3.05, 3.63) is 54.6 Å². The van der Waals surface area contributed by atoms with Crippen LogP contribution in [0.4, 0.5) is 0 Å². The third-order valence-electron chi connectivity index (χ3n) is 6.02. The fourth-order valence-corrected chi connectivity index (χ4v) is 4.12. The highest BCUT2D eigenvalue weighted by Crippen LogP contribution is 2.40. The molecule has 2 aromatic rings. The molecular weight excluding hydrogens is 348 g/mol. The Morgan fingerprint density at radius 1 is 0.964 bits per heavy atom. The maximum Gasteiger partial charge on any atom is 0.186 e. The fourth-order valence-electron chi connectivity index (χ4n) is 4.12. The number of ether oxygens (including phenoxy) is 2. The largest absolute Gasteiger partial charge is 0.347 e. The Kier molecular flexibility index (Phi) is 7.69. The Balaban J connectivity index is 1.70. The summed E-state index contributed by atoms with van der Waals surface area (Å²) in [6.45, 7) is 6.83. The van der Waals surface area contributed by atoms with Gasteiger partial charge in [0.1, 0.15) is 0 Å². The number of aryl methyl sites for hydroxylation is 1. The summed E-state index contributed by atoms with van der Waals surface area (Å²) in [5.41, 5.74) is 1.51. The Bertz CT molecular complexity index is 651. The zero-order chi connectivity index (χ0) is 19.7. The Labute approximate surface area is 170 Å². The summed E-state index contributed by atoms with van der Waals surface area (Å²) >= 11 is 0. The van der Waals surface area contributed by atoms with E-state index in [2.05, 4.69) is 53.7 Å². The summed E-state index contributed by atoms with van der Waals surface area (Å²) in [5, 5.41) is 0. The summed E-state index contributed by atoms with van der Waals surface area (Å²) in [7, 11) is 0. The van der Waals surface area contributed by atoms with Crippen molar-refractivity contribution in [2.45, 2.75) is 77.5 Å². The number of aromatic nitrogens is 2. The number of rotatable bonds is 11. The van der Waals surface area contributed by atoms with Crippen LogP contribution in [0.25, 0.3) is 0 Å². The predicted octanol–water partition coefficient (Wildman–Crippen LogP) is 5.63. The topological polar surface area (TPSA) is 36.3 Å². The highest BCUT2D eigenvalue weighted by molar-refractivity contribution is 5.15. The lowest BCUT2D eigenvalue weighted by Gasteiger charge is -2.47. The molecule has 1 aromatic carbocycles. The van der Waals surface area contributed by atoms with Crippen molar-refractivity contribution >= 4 is 0 Å². The van der Waals surface area contributed by atoms with Gasteiger partial charge in [-0.2, -0.15) is 0 Å². The average Bonchev–Trinajstić information content (AvgIpc) is 3.25. The van der Waals surface area contributed by atoms with Crippen LogP contribution in [0.1, 0.15) is 64.4 Å². The number of unbranched alkanes of at least 4 members (excludes halogenated alkanes) is 2. The second-order valence-electron chi connectivity index (χ2n) is 8.42. The van der Waals surface area contributed by atoms with E-state index >= 15 is 0 Å². The van der Waals surface area contributed by atoms with Crippen LogP contribution in [0.15, 0.2) is 49.1 Å². The molecule has 28 heavy (non-hydrogen) atoms. The summed E-state index contributed by atoms with van der Waals surface area (Å²) in [4.78, 5) is 4.20. The molecule has 4 heteroatoms. The molecular formula is C24H36N2O2. The molecule has 0 spiro atoms. The molecule has 3 rings (SSSR count). The van der Waals surface area contributed by atoms with Gasteiger partial charge in [0.05, 0.1) is 26.1 Å². The fraction of sp³-hybridized carbons (Fsp3) is 0.625. The van der Waals surface area contributed by atoms with Gasteiger partial charge in [0.15, 0.2) is 5.79 Å². The van der Waals surface area contributed by atoms with E-state index in [4.69, 9.17) is 9.47 Å². The number of hydrogen-bond donors (Lipinski definition) is 0. The predicted molar refractivity (Wildman–Crippen MR) is 113 cm³/mol. The molecule has 0 unspecified atom stereocenters. The van der Waals surface area contributed by atoms with E-state index < -0.39 is 5.79 Å². The van der Waals surface area contributed by atoms with Crippen LogP contribution in [-0.4, -0.2) is 28.6 Å². The van der Waals surface area contributed by atoms with Gasteiger partial charge >= 0.3 is 0 Å². The van der Waals surface area contributed by atoms with Crippen molar-refractivity contribution in [2.75, 3.05) is 13.2 Å². The number of nitrogens with zero attached hydrogens (tertiary/aromatic N) is 2. The second-order valence-corrected chi connectivity index (χ2v) is 8.42. The molecule has 0 bridgehead atoms. The van der Waals surface area contributed by atoms with Crippen LogP contribution >= 0.6 is 0 Å². The third-order valence-corrected chi connectivity index (χ3v) is 6.02. The van der Waals surface area contributed by atoms with E-state index in [1.807, 2.05) is 18.7 Å². The van der Waals surface area contributed by atoms with Crippen molar-refractivity contribution in [1.82, 2.24) is 9.55 Å². The maximum absolute atomic E-state index is 6.60. The van der Waals surface area contributed by atoms with E-state index in [1.54, 1.807) is 0 Å². The molecule has 1 saturated heterocycles. The van der Waals surface area contributed by atoms with Gasteiger partial charge in [-0.25, -0.2) is 4.98 Å². The average molecular weight is 385 g/mol. The Morgan fingerprint density at radius 2 is 1.64 bits per heavy atom. The van der Waals surface area contributed by atoms with Crippen LogP contribution in [0, 0.1) is 5.41 Å². The highest BCUT2D eigenvalue weighted by atomic mass is 16.7. The van der Waals surface area contributed by atoms with E-state index in [9.17, 15) is 0 Å². The summed E-state index contributed by atoms with van der Waals surface area (Å²) in [5.74, 6) is -0.571. The third kappa shape index (κ3) is 5.68. The molecule has 0 N–H and O–H groups in total. The van der Waals surface area contributed by atoms with Crippen LogP contribution < -0.4 is 0 Å². The van der Waals surface area contributed by atoms with Gasteiger partial charge in [-0.15, -0.1) is 0 Å². The Morgan fingerprint density at radius 3 is 2.21 bits per heavy atom. The van der Waals surface area contributed by atoms with E-state index in [0.29, 0.717) is 6.54 Å². The van der Waals surface area contributed by atoms with E-state index in [-0.39, 0.29) is 5.41 Å². The first kappa shape index (κ1) is 21.1. The highest BCUT2D eigenvalue weighted by Gasteiger charge is 2.44. The number of imidazole rings is 1. The standard InChI is InChI=1S/C24H36N2O2/c1-3-5-13-23(14-6-4-2)19-27-24(28-20-23,18-26-17-16-25-21-26)15-12-22-10-8-7-9-11-22/h7-11,16-17,21H,3-6,12-15,18-20H2,1-2H3. The minimum Gasteiger partial charge on any atom is -0.347 e. The van der Waals surface area contributed by atoms with Crippen molar-refractivity contribution in [3.63, 3.8) is 0 Å². The van der Waals surface area contributed by atoms with Gasteiger partial charge in [0.2, 0.25) is 0 Å². The van der Waals surface area contributed by atoms with Crippen molar-refractivity contribution in [2.24, 2.45) is 5.41 Å². The molecule has 2 heterocycles. The van der Waals surface area contributed by atoms with E-state index in [1.165, 1.54) is 44.1 Å². The molecule has 0 atom stereocenters. The molecule has 0 amide bonds. The van der Waals surface area contributed by atoms with Gasteiger partial charge in [-0.1, -0.05) is 69.9 Å². The SMILES string of the molecule is CCCCC1(CCCC)COC(CCc2ccccc2)(Cn2ccnc2)OC1. The van der Waals surface area contributed by atoms with Crippen LogP contribution in [0.2, 0.25) is 0 Å². The lowest BCUT2D eigenvalue weighted by Crippen LogP contribution is -2.52. The van der Waals surface area contributed by atoms with Crippen molar-refractivity contribution < 1.29 is 9.47 Å². The summed E-state index contributed by atoms with van der Waals surface area (Å²) in [6, 6.07) is 10.6. The lowest BCUT2D eigenvalue weighted by molar-refractivity contribution is -0.314. The molecule has 0 aliphatic carbocycles. The monoisotopic (exact) mass is 384 g/mol. The normalized spacial score (nSPS) is 18.2. The molecule has 1 aliphatic heterocycles. The van der Waals surface area contributed by atoms with Crippen LogP contribution in [0.3, 0.4) is 0 Å². The van der Waals surface area contributed by atoms with Gasteiger partial charge in [-0.3, -0.25) is 0 Å². The van der Waals surface area contributed by atoms with Crippen molar-refractivity contribution in [1.29, 1.82) is 0 Å². The molecule has 1 aromatic heterocycles. The van der Waals surface area contributed by atoms with Gasteiger partial charge in [0, 0.05) is 24.2 Å².